The summed E-state index contributed by atoms with van der Waals surface area (Å²) in [6.07, 6.45) is 6.49. The van der Waals surface area contributed by atoms with E-state index in [9.17, 15) is 0 Å². The van der Waals surface area contributed by atoms with Crippen LogP contribution in [-0.4, -0.2) is 30.2 Å². The van der Waals surface area contributed by atoms with Crippen molar-refractivity contribution >= 4 is 0 Å². The molecule has 1 aromatic rings. The van der Waals surface area contributed by atoms with Crippen molar-refractivity contribution in [1.82, 2.24) is 15.3 Å². The highest BCUT2D eigenvalue weighted by Gasteiger charge is 2.24. The molecule has 2 atom stereocenters. The van der Waals surface area contributed by atoms with E-state index < -0.39 is 0 Å². The van der Waals surface area contributed by atoms with E-state index in [1.165, 1.54) is 32.1 Å². The Balaban J connectivity index is 2.00. The van der Waals surface area contributed by atoms with Crippen LogP contribution in [-0.2, 0) is 11.3 Å². The van der Waals surface area contributed by atoms with Crippen LogP contribution in [0.2, 0.25) is 0 Å². The van der Waals surface area contributed by atoms with E-state index in [-0.39, 0.29) is 0 Å². The van der Waals surface area contributed by atoms with Crippen LogP contribution >= 0.6 is 0 Å². The number of aryl methyl sites for hydroxylation is 1. The van der Waals surface area contributed by atoms with E-state index in [1.807, 2.05) is 0 Å². The lowest BCUT2D eigenvalue weighted by Crippen LogP contribution is -2.21. The fourth-order valence-electron chi connectivity index (χ4n) is 3.22. The second-order valence-corrected chi connectivity index (χ2v) is 6.17. The molecule has 0 aliphatic heterocycles. The van der Waals surface area contributed by atoms with E-state index in [0.29, 0.717) is 5.92 Å². The molecule has 21 heavy (non-hydrogen) atoms. The van der Waals surface area contributed by atoms with E-state index in [4.69, 9.17) is 14.7 Å². The summed E-state index contributed by atoms with van der Waals surface area (Å²) in [5.74, 6) is 2.48. The first-order valence-corrected chi connectivity index (χ1v) is 8.27. The van der Waals surface area contributed by atoms with Gasteiger partial charge < -0.3 is 10.1 Å². The maximum absolute atomic E-state index is 5.05. The fraction of sp³-hybridized carbons (Fsp3) is 0.765. The van der Waals surface area contributed by atoms with Gasteiger partial charge in [0.1, 0.15) is 5.82 Å². The fourth-order valence-corrected chi connectivity index (χ4v) is 3.22. The van der Waals surface area contributed by atoms with Crippen molar-refractivity contribution in [1.29, 1.82) is 0 Å². The minimum absolute atomic E-state index is 0.557. The van der Waals surface area contributed by atoms with E-state index in [0.717, 1.165) is 42.8 Å². The molecule has 4 heteroatoms. The van der Waals surface area contributed by atoms with Gasteiger partial charge in [0, 0.05) is 31.8 Å². The van der Waals surface area contributed by atoms with Gasteiger partial charge in [-0.3, -0.25) is 0 Å². The quantitative estimate of drug-likeness (QED) is 0.784. The van der Waals surface area contributed by atoms with Crippen LogP contribution in [0.5, 0.6) is 0 Å². The Morgan fingerprint density at radius 1 is 1.33 bits per heavy atom. The van der Waals surface area contributed by atoms with Gasteiger partial charge in [-0.2, -0.15) is 0 Å². The summed E-state index contributed by atoms with van der Waals surface area (Å²) in [4.78, 5) is 9.52. The zero-order valence-corrected chi connectivity index (χ0v) is 13.7. The predicted octanol–water partition coefficient (Wildman–Crippen LogP) is 3.20. The topological polar surface area (TPSA) is 47.0 Å². The van der Waals surface area contributed by atoms with Crippen molar-refractivity contribution in [3.05, 3.63) is 23.3 Å². The van der Waals surface area contributed by atoms with Crippen molar-refractivity contribution in [3.8, 4) is 0 Å². The molecule has 4 nitrogen and oxygen atoms in total. The summed E-state index contributed by atoms with van der Waals surface area (Å²) >= 11 is 0. The third-order valence-corrected chi connectivity index (χ3v) is 4.44. The molecule has 1 heterocycles. The van der Waals surface area contributed by atoms with Crippen LogP contribution in [0.1, 0.15) is 62.2 Å². The van der Waals surface area contributed by atoms with Gasteiger partial charge in [0.15, 0.2) is 0 Å². The molecule has 0 amide bonds. The van der Waals surface area contributed by atoms with Crippen molar-refractivity contribution in [2.45, 2.75) is 58.4 Å². The molecule has 2 unspecified atom stereocenters. The van der Waals surface area contributed by atoms with Crippen LogP contribution in [0.15, 0.2) is 6.07 Å². The lowest BCUT2D eigenvalue weighted by molar-refractivity contribution is 0.199. The Bertz CT molecular complexity index is 436. The smallest absolute Gasteiger partial charge is 0.131 e. The standard InChI is InChI=1S/C17H29N3O/c1-4-14-6-5-7-15(11-14)17-19-13(2)10-16(20-17)12-18-8-9-21-3/h10,14-15,18H,4-9,11-12H2,1-3H3. The largest absolute Gasteiger partial charge is 0.383 e. The molecule has 2 rings (SSSR count). The summed E-state index contributed by atoms with van der Waals surface area (Å²) in [6.45, 7) is 6.76. The molecule has 118 valence electrons. The lowest BCUT2D eigenvalue weighted by Gasteiger charge is -2.27. The van der Waals surface area contributed by atoms with Crippen LogP contribution < -0.4 is 5.32 Å². The van der Waals surface area contributed by atoms with Gasteiger partial charge in [0.25, 0.3) is 0 Å². The zero-order chi connectivity index (χ0) is 15.1. The van der Waals surface area contributed by atoms with Crippen molar-refractivity contribution in [2.24, 2.45) is 5.92 Å². The van der Waals surface area contributed by atoms with Gasteiger partial charge in [-0.05, 0) is 31.7 Å². The molecule has 0 saturated heterocycles. The first-order chi connectivity index (χ1) is 10.2. The van der Waals surface area contributed by atoms with Crippen LogP contribution in [0, 0.1) is 12.8 Å². The van der Waals surface area contributed by atoms with Gasteiger partial charge in [0.2, 0.25) is 0 Å². The number of nitrogens with zero attached hydrogens (tertiary/aromatic N) is 2. The normalized spacial score (nSPS) is 22.4. The van der Waals surface area contributed by atoms with Gasteiger partial charge in [-0.1, -0.05) is 26.2 Å². The molecule has 0 bridgehead atoms. The summed E-state index contributed by atoms with van der Waals surface area (Å²) < 4.78 is 5.05. The third-order valence-electron chi connectivity index (χ3n) is 4.44. The molecule has 1 fully saturated rings. The first kappa shape index (κ1) is 16.4. The molecule has 1 N–H and O–H groups in total. The average molecular weight is 291 g/mol. The molecule has 1 aromatic heterocycles. The van der Waals surface area contributed by atoms with Crippen LogP contribution in [0.3, 0.4) is 0 Å². The van der Waals surface area contributed by atoms with Crippen molar-refractivity contribution in [3.63, 3.8) is 0 Å². The molecule has 0 spiro atoms. The highest BCUT2D eigenvalue weighted by molar-refractivity contribution is 5.13. The maximum Gasteiger partial charge on any atom is 0.131 e. The molecule has 1 saturated carbocycles. The van der Waals surface area contributed by atoms with Crippen LogP contribution in [0.4, 0.5) is 0 Å². The minimum atomic E-state index is 0.557. The number of hydrogen-bond acceptors (Lipinski definition) is 4. The molecular formula is C17H29N3O. The Hall–Kier alpha value is -1.00. The highest BCUT2D eigenvalue weighted by atomic mass is 16.5. The molecule has 0 aromatic carbocycles. The number of rotatable bonds is 7. The van der Waals surface area contributed by atoms with Crippen LogP contribution in [0.25, 0.3) is 0 Å². The predicted molar refractivity (Wildman–Crippen MR) is 85.3 cm³/mol. The summed E-state index contributed by atoms with van der Waals surface area (Å²) in [7, 11) is 1.72. The Kier molecular flexibility index (Phi) is 6.58. The molecule has 1 aliphatic carbocycles. The summed E-state index contributed by atoms with van der Waals surface area (Å²) in [6, 6.07) is 2.09. The Labute approximate surface area is 128 Å². The van der Waals surface area contributed by atoms with E-state index >= 15 is 0 Å². The van der Waals surface area contributed by atoms with Gasteiger partial charge in [-0.15, -0.1) is 0 Å². The van der Waals surface area contributed by atoms with Crippen molar-refractivity contribution in [2.75, 3.05) is 20.3 Å². The van der Waals surface area contributed by atoms with Crippen molar-refractivity contribution < 1.29 is 4.74 Å². The lowest BCUT2D eigenvalue weighted by atomic mass is 9.80. The number of methoxy groups -OCH3 is 1. The van der Waals surface area contributed by atoms with Gasteiger partial charge >= 0.3 is 0 Å². The number of aromatic nitrogens is 2. The number of ether oxygens (including phenoxy) is 1. The summed E-state index contributed by atoms with van der Waals surface area (Å²) in [5.41, 5.74) is 2.19. The monoisotopic (exact) mass is 291 g/mol. The average Bonchev–Trinajstić information content (AvgIpc) is 2.51. The highest BCUT2D eigenvalue weighted by Crippen LogP contribution is 2.36. The Morgan fingerprint density at radius 3 is 2.95 bits per heavy atom. The Morgan fingerprint density at radius 2 is 2.19 bits per heavy atom. The molecule has 0 radical (unpaired) electrons. The molecule has 1 aliphatic rings. The van der Waals surface area contributed by atoms with Gasteiger partial charge in [0.05, 0.1) is 12.3 Å². The SMILES string of the molecule is CCC1CCCC(c2nc(C)cc(CNCCOC)n2)C1. The van der Waals surface area contributed by atoms with E-state index in [2.05, 4.69) is 25.2 Å². The van der Waals surface area contributed by atoms with E-state index in [1.54, 1.807) is 7.11 Å². The second kappa shape index (κ2) is 8.44. The van der Waals surface area contributed by atoms with Gasteiger partial charge in [-0.25, -0.2) is 9.97 Å². The third kappa shape index (κ3) is 5.04. The second-order valence-electron chi connectivity index (χ2n) is 6.17. The zero-order valence-electron chi connectivity index (χ0n) is 13.7. The first-order valence-electron chi connectivity index (χ1n) is 8.27. The maximum atomic E-state index is 5.05. The minimum Gasteiger partial charge on any atom is -0.383 e. The number of nitrogens with one attached hydrogen (secondary N) is 1. The molecular weight excluding hydrogens is 262 g/mol. The summed E-state index contributed by atoms with van der Waals surface area (Å²) in [5, 5.41) is 3.36. The number of hydrogen-bond donors (Lipinski definition) is 1.